The van der Waals surface area contributed by atoms with E-state index in [9.17, 15) is 4.79 Å². The average molecular weight is 311 g/mol. The molecule has 1 aromatic carbocycles. The van der Waals surface area contributed by atoms with Crippen LogP contribution in [0.4, 0.5) is 0 Å². The Labute approximate surface area is 137 Å². The Hall–Kier alpha value is -1.81. The molecule has 2 atom stereocenters. The van der Waals surface area contributed by atoms with Crippen molar-refractivity contribution in [1.82, 2.24) is 14.8 Å². The summed E-state index contributed by atoms with van der Waals surface area (Å²) < 4.78 is 0. The molecule has 0 spiro atoms. The van der Waals surface area contributed by atoms with Gasteiger partial charge in [-0.3, -0.25) is 9.69 Å². The van der Waals surface area contributed by atoms with Crippen LogP contribution in [0.3, 0.4) is 0 Å². The summed E-state index contributed by atoms with van der Waals surface area (Å²) in [6.07, 6.45) is 5.28. The maximum Gasteiger partial charge on any atom is 0.227 e. The van der Waals surface area contributed by atoms with Gasteiger partial charge < -0.3 is 9.88 Å². The zero-order chi connectivity index (χ0) is 15.8. The molecule has 1 amide bonds. The van der Waals surface area contributed by atoms with Crippen molar-refractivity contribution < 1.29 is 4.79 Å². The lowest BCUT2D eigenvalue weighted by atomic mass is 9.94. The van der Waals surface area contributed by atoms with Crippen LogP contribution < -0.4 is 0 Å². The van der Waals surface area contributed by atoms with Gasteiger partial charge in [-0.1, -0.05) is 13.0 Å². The SMILES string of the molecule is CCCN1C(=O)[C@H]2CC[C@@H]1CN(Cc1ccc3[nH]ccc3c1)C2. The highest BCUT2D eigenvalue weighted by atomic mass is 16.2. The van der Waals surface area contributed by atoms with Crippen LogP contribution in [-0.2, 0) is 11.3 Å². The van der Waals surface area contributed by atoms with Gasteiger partial charge in [-0.05, 0) is 48.4 Å². The second-order valence-corrected chi connectivity index (χ2v) is 7.05. The van der Waals surface area contributed by atoms with Crippen molar-refractivity contribution in [2.75, 3.05) is 19.6 Å². The number of amides is 1. The molecule has 2 bridgehead atoms. The van der Waals surface area contributed by atoms with E-state index >= 15 is 0 Å². The summed E-state index contributed by atoms with van der Waals surface area (Å²) >= 11 is 0. The normalized spacial score (nSPS) is 25.3. The monoisotopic (exact) mass is 311 g/mol. The number of fused-ring (bicyclic) bond motifs is 5. The first-order chi connectivity index (χ1) is 11.2. The van der Waals surface area contributed by atoms with Crippen LogP contribution in [0.15, 0.2) is 30.5 Å². The minimum Gasteiger partial charge on any atom is -0.361 e. The summed E-state index contributed by atoms with van der Waals surface area (Å²) in [5.41, 5.74) is 2.53. The van der Waals surface area contributed by atoms with E-state index < -0.39 is 0 Å². The fraction of sp³-hybridized carbons (Fsp3) is 0.526. The highest BCUT2D eigenvalue weighted by Gasteiger charge is 2.39. The van der Waals surface area contributed by atoms with Gasteiger partial charge in [-0.2, -0.15) is 0 Å². The molecule has 4 heteroatoms. The van der Waals surface area contributed by atoms with Crippen LogP contribution in [0.1, 0.15) is 31.7 Å². The van der Waals surface area contributed by atoms with E-state index in [0.29, 0.717) is 11.9 Å². The summed E-state index contributed by atoms with van der Waals surface area (Å²) in [5, 5.41) is 1.27. The summed E-state index contributed by atoms with van der Waals surface area (Å²) in [5.74, 6) is 0.600. The first-order valence-electron chi connectivity index (χ1n) is 8.83. The second kappa shape index (κ2) is 6.00. The van der Waals surface area contributed by atoms with Gasteiger partial charge >= 0.3 is 0 Å². The van der Waals surface area contributed by atoms with Gasteiger partial charge in [0.1, 0.15) is 0 Å². The highest BCUT2D eigenvalue weighted by molar-refractivity contribution is 5.81. The van der Waals surface area contributed by atoms with Crippen LogP contribution >= 0.6 is 0 Å². The predicted octanol–water partition coefficient (Wildman–Crippen LogP) is 3.00. The highest BCUT2D eigenvalue weighted by Crippen LogP contribution is 2.30. The van der Waals surface area contributed by atoms with E-state index in [4.69, 9.17) is 0 Å². The number of H-pyrrole nitrogens is 1. The molecule has 4 nitrogen and oxygen atoms in total. The molecule has 1 N–H and O–H groups in total. The molecule has 0 saturated carbocycles. The molecule has 3 saturated heterocycles. The van der Waals surface area contributed by atoms with Gasteiger partial charge in [0.2, 0.25) is 5.91 Å². The van der Waals surface area contributed by atoms with Crippen LogP contribution in [0, 0.1) is 5.92 Å². The van der Waals surface area contributed by atoms with Crippen LogP contribution in [-0.4, -0.2) is 46.4 Å². The van der Waals surface area contributed by atoms with Crippen molar-refractivity contribution in [2.24, 2.45) is 5.92 Å². The maximum atomic E-state index is 12.6. The summed E-state index contributed by atoms with van der Waals surface area (Å²) in [6, 6.07) is 9.17. The Balaban J connectivity index is 1.52. The van der Waals surface area contributed by atoms with Gasteiger partial charge in [-0.25, -0.2) is 0 Å². The average Bonchev–Trinajstić information content (AvgIpc) is 2.86. The van der Waals surface area contributed by atoms with Crippen molar-refractivity contribution in [3.05, 3.63) is 36.0 Å². The molecule has 3 fully saturated rings. The number of piperidine rings is 1. The van der Waals surface area contributed by atoms with Crippen molar-refractivity contribution in [3.8, 4) is 0 Å². The molecule has 0 radical (unpaired) electrons. The Morgan fingerprint density at radius 1 is 1.22 bits per heavy atom. The van der Waals surface area contributed by atoms with Crippen LogP contribution in [0.5, 0.6) is 0 Å². The molecule has 4 heterocycles. The van der Waals surface area contributed by atoms with Crippen molar-refractivity contribution in [3.63, 3.8) is 0 Å². The van der Waals surface area contributed by atoms with Gasteiger partial charge in [0.15, 0.2) is 0 Å². The van der Waals surface area contributed by atoms with Gasteiger partial charge in [0.25, 0.3) is 0 Å². The first kappa shape index (κ1) is 14.8. The molecule has 5 rings (SSSR count). The zero-order valence-corrected chi connectivity index (χ0v) is 13.8. The smallest absolute Gasteiger partial charge is 0.227 e. The quantitative estimate of drug-likeness (QED) is 0.943. The van der Waals surface area contributed by atoms with E-state index in [-0.39, 0.29) is 5.92 Å². The Morgan fingerprint density at radius 3 is 3.00 bits per heavy atom. The topological polar surface area (TPSA) is 39.3 Å². The molecule has 1 aromatic heterocycles. The minimum absolute atomic E-state index is 0.205. The van der Waals surface area contributed by atoms with E-state index in [2.05, 4.69) is 46.0 Å². The zero-order valence-electron chi connectivity index (χ0n) is 13.8. The van der Waals surface area contributed by atoms with E-state index in [1.165, 1.54) is 22.9 Å². The van der Waals surface area contributed by atoms with Crippen molar-refractivity contribution in [2.45, 2.75) is 38.8 Å². The number of nitrogens with one attached hydrogen (secondary N) is 1. The minimum atomic E-state index is 0.205. The number of nitrogens with zero attached hydrogens (tertiary/aromatic N) is 2. The van der Waals surface area contributed by atoms with Crippen LogP contribution in [0.2, 0.25) is 0 Å². The lowest BCUT2D eigenvalue weighted by Gasteiger charge is -2.35. The molecule has 23 heavy (non-hydrogen) atoms. The number of benzene rings is 1. The molecule has 122 valence electrons. The fourth-order valence-corrected chi connectivity index (χ4v) is 4.25. The van der Waals surface area contributed by atoms with Crippen molar-refractivity contribution in [1.29, 1.82) is 0 Å². The number of hydrogen-bond donors (Lipinski definition) is 1. The third-order valence-corrected chi connectivity index (χ3v) is 5.36. The molecular weight excluding hydrogens is 286 g/mol. The molecule has 2 aromatic rings. The number of rotatable bonds is 4. The van der Waals surface area contributed by atoms with E-state index in [0.717, 1.165) is 39.0 Å². The van der Waals surface area contributed by atoms with Gasteiger partial charge in [0.05, 0.1) is 5.92 Å². The third-order valence-electron chi connectivity index (χ3n) is 5.36. The van der Waals surface area contributed by atoms with E-state index in [1.807, 2.05) is 6.20 Å². The predicted molar refractivity (Wildman–Crippen MR) is 92.1 cm³/mol. The number of aromatic amines is 1. The molecular formula is C19H25N3O. The van der Waals surface area contributed by atoms with Gasteiger partial charge in [-0.15, -0.1) is 0 Å². The molecule has 3 aliphatic heterocycles. The summed E-state index contributed by atoms with van der Waals surface area (Å²) in [6.45, 7) is 5.97. The standard InChI is InChI=1S/C19H25N3O/c1-2-9-22-17-5-4-16(19(22)23)12-21(13-17)11-14-3-6-18-15(10-14)7-8-20-18/h3,6-8,10,16-17,20H,2,4-5,9,11-13H2,1H3/t16-,17+/m0/s1. The van der Waals surface area contributed by atoms with Gasteiger partial charge in [0, 0.05) is 43.9 Å². The molecule has 0 aliphatic carbocycles. The largest absolute Gasteiger partial charge is 0.361 e. The number of hydrogen-bond acceptors (Lipinski definition) is 2. The second-order valence-electron chi connectivity index (χ2n) is 7.05. The number of aromatic nitrogens is 1. The first-order valence-corrected chi connectivity index (χ1v) is 8.83. The lowest BCUT2D eigenvalue weighted by Crippen LogP contribution is -2.48. The maximum absolute atomic E-state index is 12.6. The van der Waals surface area contributed by atoms with E-state index in [1.54, 1.807) is 0 Å². The summed E-state index contributed by atoms with van der Waals surface area (Å²) in [7, 11) is 0. The Bertz CT molecular complexity index is 707. The van der Waals surface area contributed by atoms with Crippen LogP contribution in [0.25, 0.3) is 10.9 Å². The molecule has 0 unspecified atom stereocenters. The number of carbonyl (C=O) groups excluding carboxylic acids is 1. The Kier molecular flexibility index (Phi) is 3.85. The lowest BCUT2D eigenvalue weighted by molar-refractivity contribution is -0.139. The van der Waals surface area contributed by atoms with Crippen molar-refractivity contribution >= 4 is 16.8 Å². The third kappa shape index (κ3) is 2.76. The molecule has 3 aliphatic rings. The summed E-state index contributed by atoms with van der Waals surface area (Å²) in [4.78, 5) is 20.5. The number of carbonyl (C=O) groups is 1. The Morgan fingerprint density at radius 2 is 2.13 bits per heavy atom. The fourth-order valence-electron chi connectivity index (χ4n) is 4.25.